The molecule has 0 aliphatic carbocycles. The molecule has 0 saturated heterocycles. The van der Waals surface area contributed by atoms with Crippen LogP contribution in [0.1, 0.15) is 5.69 Å². The van der Waals surface area contributed by atoms with E-state index in [1.54, 1.807) is 11.8 Å². The van der Waals surface area contributed by atoms with Gasteiger partial charge in [-0.15, -0.1) is 0 Å². The largest absolute Gasteiger partial charge is 0.245 e. The minimum Gasteiger partial charge on any atom is -0.245 e. The number of nitrogens with zero attached hydrogens (tertiary/aromatic N) is 1. The predicted octanol–water partition coefficient (Wildman–Crippen LogP) is 5.07. The van der Waals surface area contributed by atoms with Crippen molar-refractivity contribution in [2.24, 2.45) is 0 Å². The van der Waals surface area contributed by atoms with E-state index in [1.165, 1.54) is 4.90 Å². The molecule has 1 aromatic heterocycles. The van der Waals surface area contributed by atoms with Crippen LogP contribution in [0.3, 0.4) is 0 Å². The van der Waals surface area contributed by atoms with Crippen LogP contribution in [0.25, 0.3) is 0 Å². The molecule has 0 unspecified atom stereocenters. The Morgan fingerprint density at radius 3 is 2.62 bits per heavy atom. The molecule has 0 spiro atoms. The third-order valence-corrected chi connectivity index (χ3v) is 4.27. The molecule has 2 aromatic rings. The van der Waals surface area contributed by atoms with Gasteiger partial charge in [0.2, 0.25) is 0 Å². The average Bonchev–Trinajstić information content (AvgIpc) is 2.24. The SMILES string of the molecule is Cc1nc(Sc2cccc(Br)c2)ccc1Br. The van der Waals surface area contributed by atoms with Crippen molar-refractivity contribution in [3.05, 3.63) is 51.0 Å². The number of aryl methyl sites for hydroxylation is 1. The van der Waals surface area contributed by atoms with E-state index in [-0.39, 0.29) is 0 Å². The molecule has 1 nitrogen and oxygen atoms in total. The molecule has 0 N–H and O–H groups in total. The summed E-state index contributed by atoms with van der Waals surface area (Å²) < 4.78 is 2.14. The number of hydrogen-bond donors (Lipinski definition) is 0. The summed E-state index contributed by atoms with van der Waals surface area (Å²) in [6.45, 7) is 2.00. The Kier molecular flexibility index (Phi) is 4.05. The van der Waals surface area contributed by atoms with Crippen LogP contribution in [0, 0.1) is 6.92 Å². The van der Waals surface area contributed by atoms with Crippen molar-refractivity contribution in [2.75, 3.05) is 0 Å². The van der Waals surface area contributed by atoms with Crippen molar-refractivity contribution < 1.29 is 0 Å². The normalized spacial score (nSPS) is 10.4. The molecular formula is C12H9Br2NS. The first-order chi connectivity index (χ1) is 7.65. The fourth-order valence-corrected chi connectivity index (χ4v) is 2.89. The molecule has 82 valence electrons. The third kappa shape index (κ3) is 3.09. The number of hydrogen-bond acceptors (Lipinski definition) is 2. The number of rotatable bonds is 2. The summed E-state index contributed by atoms with van der Waals surface area (Å²) in [5, 5.41) is 1.01. The van der Waals surface area contributed by atoms with Crippen LogP contribution in [0.15, 0.2) is 55.3 Å². The molecule has 0 atom stereocenters. The molecule has 4 heteroatoms. The first-order valence-electron chi connectivity index (χ1n) is 4.72. The molecule has 16 heavy (non-hydrogen) atoms. The summed E-state index contributed by atoms with van der Waals surface area (Å²) >= 11 is 8.57. The second kappa shape index (κ2) is 5.34. The molecule has 2 rings (SSSR count). The van der Waals surface area contributed by atoms with Crippen molar-refractivity contribution >= 4 is 43.6 Å². The Hall–Kier alpha value is -0.320. The summed E-state index contributed by atoms with van der Waals surface area (Å²) in [4.78, 5) is 5.68. The number of benzene rings is 1. The fraction of sp³-hybridized carbons (Fsp3) is 0.0833. The third-order valence-electron chi connectivity index (χ3n) is 2.01. The minimum atomic E-state index is 1.01. The van der Waals surface area contributed by atoms with Crippen LogP contribution < -0.4 is 0 Å². The van der Waals surface area contributed by atoms with Gasteiger partial charge in [0.05, 0.1) is 5.69 Å². The lowest BCUT2D eigenvalue weighted by Gasteiger charge is -2.03. The van der Waals surface area contributed by atoms with Gasteiger partial charge in [0, 0.05) is 13.8 Å². The number of pyridine rings is 1. The van der Waals surface area contributed by atoms with E-state index in [0.717, 1.165) is 19.7 Å². The average molecular weight is 359 g/mol. The van der Waals surface area contributed by atoms with E-state index in [2.05, 4.69) is 49.0 Å². The van der Waals surface area contributed by atoms with Crippen LogP contribution >= 0.6 is 43.6 Å². The number of halogens is 2. The summed E-state index contributed by atoms with van der Waals surface area (Å²) in [5.41, 5.74) is 1.01. The lowest BCUT2D eigenvalue weighted by Crippen LogP contribution is -1.85. The maximum absolute atomic E-state index is 4.50. The van der Waals surface area contributed by atoms with E-state index in [0.29, 0.717) is 0 Å². The Morgan fingerprint density at radius 2 is 1.94 bits per heavy atom. The van der Waals surface area contributed by atoms with Gasteiger partial charge in [0.1, 0.15) is 5.03 Å². The van der Waals surface area contributed by atoms with Crippen molar-refractivity contribution in [1.82, 2.24) is 4.98 Å². The zero-order chi connectivity index (χ0) is 11.5. The van der Waals surface area contributed by atoms with Gasteiger partial charge in [0.25, 0.3) is 0 Å². The second-order valence-corrected chi connectivity index (χ2v) is 6.14. The number of aromatic nitrogens is 1. The van der Waals surface area contributed by atoms with Gasteiger partial charge in [-0.2, -0.15) is 0 Å². The molecule has 0 amide bonds. The molecular weight excluding hydrogens is 350 g/mol. The van der Waals surface area contributed by atoms with Crippen LogP contribution in [0.4, 0.5) is 0 Å². The highest BCUT2D eigenvalue weighted by Crippen LogP contribution is 2.29. The van der Waals surface area contributed by atoms with Gasteiger partial charge in [-0.05, 0) is 53.2 Å². The van der Waals surface area contributed by atoms with E-state index in [4.69, 9.17) is 0 Å². The van der Waals surface area contributed by atoms with Crippen molar-refractivity contribution in [2.45, 2.75) is 16.8 Å². The van der Waals surface area contributed by atoms with E-state index in [9.17, 15) is 0 Å². The molecule has 0 radical (unpaired) electrons. The van der Waals surface area contributed by atoms with Gasteiger partial charge in [-0.25, -0.2) is 4.98 Å². The Bertz CT molecular complexity index is 514. The van der Waals surface area contributed by atoms with Crippen molar-refractivity contribution in [3.63, 3.8) is 0 Å². The molecule has 0 bridgehead atoms. The summed E-state index contributed by atoms with van der Waals surface area (Å²) in [7, 11) is 0. The molecule has 0 saturated carbocycles. The highest BCUT2D eigenvalue weighted by atomic mass is 79.9. The monoisotopic (exact) mass is 357 g/mol. The van der Waals surface area contributed by atoms with Gasteiger partial charge < -0.3 is 0 Å². The second-order valence-electron chi connectivity index (χ2n) is 3.28. The van der Waals surface area contributed by atoms with Crippen LogP contribution in [-0.4, -0.2) is 4.98 Å². The zero-order valence-electron chi connectivity index (χ0n) is 8.58. The fourth-order valence-electron chi connectivity index (χ4n) is 1.23. The van der Waals surface area contributed by atoms with Gasteiger partial charge in [-0.3, -0.25) is 0 Å². The first kappa shape index (κ1) is 12.1. The summed E-state index contributed by atoms with van der Waals surface area (Å²) in [6, 6.07) is 12.3. The molecule has 0 fully saturated rings. The predicted molar refractivity (Wildman–Crippen MR) is 74.9 cm³/mol. The quantitative estimate of drug-likeness (QED) is 0.743. The smallest absolute Gasteiger partial charge is 0.101 e. The van der Waals surface area contributed by atoms with Gasteiger partial charge in [0.15, 0.2) is 0 Å². The van der Waals surface area contributed by atoms with Crippen LogP contribution in [-0.2, 0) is 0 Å². The highest BCUT2D eigenvalue weighted by molar-refractivity contribution is 9.10. The van der Waals surface area contributed by atoms with Gasteiger partial charge >= 0.3 is 0 Å². The first-order valence-corrected chi connectivity index (χ1v) is 7.12. The highest BCUT2D eigenvalue weighted by Gasteiger charge is 2.02. The maximum atomic E-state index is 4.50. The van der Waals surface area contributed by atoms with Crippen LogP contribution in [0.2, 0.25) is 0 Å². The zero-order valence-corrected chi connectivity index (χ0v) is 12.6. The van der Waals surface area contributed by atoms with E-state index >= 15 is 0 Å². The Morgan fingerprint density at radius 1 is 1.12 bits per heavy atom. The lowest BCUT2D eigenvalue weighted by molar-refractivity contribution is 1.05. The van der Waals surface area contributed by atoms with Gasteiger partial charge in [-0.1, -0.05) is 33.8 Å². The summed E-state index contributed by atoms with van der Waals surface area (Å²) in [5.74, 6) is 0. The molecule has 0 aliphatic heterocycles. The van der Waals surface area contributed by atoms with E-state index < -0.39 is 0 Å². The molecule has 1 heterocycles. The lowest BCUT2D eigenvalue weighted by atomic mass is 10.4. The Balaban J connectivity index is 2.24. The van der Waals surface area contributed by atoms with Crippen molar-refractivity contribution in [1.29, 1.82) is 0 Å². The molecule has 0 aliphatic rings. The summed E-state index contributed by atoms with van der Waals surface area (Å²) in [6.07, 6.45) is 0. The standard InChI is InChI=1S/C12H9Br2NS/c1-8-11(14)5-6-12(15-8)16-10-4-2-3-9(13)7-10/h2-7H,1H3. The topological polar surface area (TPSA) is 12.9 Å². The minimum absolute atomic E-state index is 1.01. The van der Waals surface area contributed by atoms with E-state index in [1.807, 2.05) is 31.2 Å². The van der Waals surface area contributed by atoms with Crippen molar-refractivity contribution in [3.8, 4) is 0 Å². The van der Waals surface area contributed by atoms with Crippen LogP contribution in [0.5, 0.6) is 0 Å². The Labute approximate surface area is 116 Å². The maximum Gasteiger partial charge on any atom is 0.101 e. The molecule has 1 aromatic carbocycles.